The van der Waals surface area contributed by atoms with Crippen molar-refractivity contribution in [1.29, 1.82) is 0 Å². The normalized spacial score (nSPS) is 26.2. The van der Waals surface area contributed by atoms with Crippen molar-refractivity contribution >= 4 is 11.8 Å². The highest BCUT2D eigenvalue weighted by Gasteiger charge is 2.54. The third kappa shape index (κ3) is 4.68. The molecule has 1 aromatic heterocycles. The van der Waals surface area contributed by atoms with E-state index in [1.54, 1.807) is 21.8 Å². The number of aliphatic hydroxyl groups excluding tert-OH is 1. The molecule has 0 aromatic carbocycles. The van der Waals surface area contributed by atoms with E-state index in [9.17, 15) is 14.7 Å². The number of nitrogens with zero attached hydrogens (tertiary/aromatic N) is 3. The zero-order chi connectivity index (χ0) is 21.9. The van der Waals surface area contributed by atoms with Crippen LogP contribution in [0, 0.1) is 0 Å². The minimum atomic E-state index is -0.877. The highest BCUT2D eigenvalue weighted by Crippen LogP contribution is 2.40. The van der Waals surface area contributed by atoms with Crippen LogP contribution in [0.15, 0.2) is 12.3 Å². The number of carbonyl (C=O) groups excluding carboxylic acids is 2. The van der Waals surface area contributed by atoms with Crippen LogP contribution in [0.5, 0.6) is 0 Å². The molecule has 1 spiro atoms. The smallest absolute Gasteiger partial charge is 0.274 e. The van der Waals surface area contributed by atoms with Gasteiger partial charge in [-0.05, 0) is 53.0 Å². The van der Waals surface area contributed by atoms with Gasteiger partial charge >= 0.3 is 0 Å². The van der Waals surface area contributed by atoms with Crippen molar-refractivity contribution in [3.8, 4) is 0 Å². The number of piperidine rings is 1. The van der Waals surface area contributed by atoms with E-state index in [4.69, 9.17) is 9.47 Å². The van der Waals surface area contributed by atoms with Gasteiger partial charge in [0.25, 0.3) is 5.91 Å². The summed E-state index contributed by atoms with van der Waals surface area (Å²) in [5.74, 6) is -0.356. The van der Waals surface area contributed by atoms with Crippen molar-refractivity contribution in [3.05, 3.63) is 18.0 Å². The Hall–Kier alpha value is -1.97. The predicted molar refractivity (Wildman–Crippen MR) is 110 cm³/mol. The SMILES string of the molecule is CCn1ccc(C(=O)N2CCC3(CC2)OCC[C@@](C)(NC(=O)COC(C)C)C3O)n1. The summed E-state index contributed by atoms with van der Waals surface area (Å²) in [6.45, 7) is 9.61. The maximum Gasteiger partial charge on any atom is 0.274 e. The molecule has 9 heteroatoms. The summed E-state index contributed by atoms with van der Waals surface area (Å²) in [6.07, 6.45) is 2.40. The molecule has 0 bridgehead atoms. The number of likely N-dealkylation sites (tertiary alicyclic amines) is 1. The van der Waals surface area contributed by atoms with Gasteiger partial charge in [0.2, 0.25) is 5.91 Å². The number of carbonyl (C=O) groups is 2. The fraction of sp³-hybridized carbons (Fsp3) is 0.762. The van der Waals surface area contributed by atoms with Crippen LogP contribution >= 0.6 is 0 Å². The quantitative estimate of drug-likeness (QED) is 0.707. The van der Waals surface area contributed by atoms with Gasteiger partial charge in [0.1, 0.15) is 18.4 Å². The first-order valence-electron chi connectivity index (χ1n) is 10.8. The number of aliphatic hydroxyl groups is 1. The Morgan fingerprint density at radius 3 is 2.67 bits per heavy atom. The Labute approximate surface area is 177 Å². The fourth-order valence-corrected chi connectivity index (χ4v) is 4.31. The van der Waals surface area contributed by atoms with Crippen LogP contribution in [-0.2, 0) is 20.8 Å². The molecule has 168 valence electrons. The van der Waals surface area contributed by atoms with Crippen molar-refractivity contribution < 1.29 is 24.2 Å². The Bertz CT molecular complexity index is 756. The minimum absolute atomic E-state index is 0.0412. The van der Waals surface area contributed by atoms with Gasteiger partial charge in [-0.15, -0.1) is 0 Å². The molecule has 0 saturated carbocycles. The molecule has 2 atom stereocenters. The van der Waals surface area contributed by atoms with Gasteiger partial charge in [-0.1, -0.05) is 0 Å². The second kappa shape index (κ2) is 9.03. The van der Waals surface area contributed by atoms with Gasteiger partial charge in [-0.3, -0.25) is 14.3 Å². The lowest BCUT2D eigenvalue weighted by Gasteiger charge is -2.53. The summed E-state index contributed by atoms with van der Waals surface area (Å²) in [5, 5.41) is 18.5. The predicted octanol–water partition coefficient (Wildman–Crippen LogP) is 0.959. The molecule has 9 nitrogen and oxygen atoms in total. The molecule has 30 heavy (non-hydrogen) atoms. The zero-order valence-corrected chi connectivity index (χ0v) is 18.4. The van der Waals surface area contributed by atoms with Crippen molar-refractivity contribution in [2.24, 2.45) is 0 Å². The van der Waals surface area contributed by atoms with Crippen LogP contribution in [0.1, 0.15) is 57.4 Å². The molecule has 2 fully saturated rings. The Morgan fingerprint density at radius 2 is 2.07 bits per heavy atom. The van der Waals surface area contributed by atoms with E-state index in [1.165, 1.54) is 0 Å². The molecule has 2 N–H and O–H groups in total. The number of rotatable bonds is 6. The third-order valence-corrected chi connectivity index (χ3v) is 6.17. The number of nitrogens with one attached hydrogen (secondary N) is 1. The van der Waals surface area contributed by atoms with Crippen molar-refractivity contribution in [2.45, 2.75) is 76.9 Å². The lowest BCUT2D eigenvalue weighted by atomic mass is 9.73. The monoisotopic (exact) mass is 422 g/mol. The number of aryl methyl sites for hydroxylation is 1. The second-order valence-corrected chi connectivity index (χ2v) is 8.74. The molecule has 0 aliphatic carbocycles. The summed E-state index contributed by atoms with van der Waals surface area (Å²) in [4.78, 5) is 26.8. The number of hydrogen-bond acceptors (Lipinski definition) is 6. The fourth-order valence-electron chi connectivity index (χ4n) is 4.31. The highest BCUT2D eigenvalue weighted by atomic mass is 16.5. The molecular formula is C21H34N4O5. The first kappa shape index (κ1) is 22.7. The first-order valence-corrected chi connectivity index (χ1v) is 10.8. The number of hydrogen-bond donors (Lipinski definition) is 2. The van der Waals surface area contributed by atoms with Crippen molar-refractivity contribution in [2.75, 3.05) is 26.3 Å². The van der Waals surface area contributed by atoms with E-state index in [2.05, 4.69) is 10.4 Å². The summed E-state index contributed by atoms with van der Waals surface area (Å²) < 4.78 is 13.2. The van der Waals surface area contributed by atoms with Crippen LogP contribution in [-0.4, -0.2) is 81.3 Å². The van der Waals surface area contributed by atoms with Gasteiger partial charge in [-0.25, -0.2) is 0 Å². The van der Waals surface area contributed by atoms with E-state index in [0.29, 0.717) is 51.2 Å². The number of aromatic nitrogens is 2. The molecule has 1 aromatic rings. The van der Waals surface area contributed by atoms with Crippen LogP contribution in [0.4, 0.5) is 0 Å². The number of amides is 2. The maximum atomic E-state index is 12.8. The van der Waals surface area contributed by atoms with Crippen LogP contribution < -0.4 is 5.32 Å². The van der Waals surface area contributed by atoms with Crippen LogP contribution in [0.3, 0.4) is 0 Å². The lowest BCUT2D eigenvalue weighted by molar-refractivity contribution is -0.206. The molecule has 2 saturated heterocycles. The average molecular weight is 423 g/mol. The van der Waals surface area contributed by atoms with Gasteiger partial charge in [0.05, 0.1) is 17.2 Å². The molecular weight excluding hydrogens is 388 g/mol. The summed E-state index contributed by atoms with van der Waals surface area (Å²) >= 11 is 0. The molecule has 0 radical (unpaired) electrons. The third-order valence-electron chi connectivity index (χ3n) is 6.17. The zero-order valence-electron chi connectivity index (χ0n) is 18.4. The van der Waals surface area contributed by atoms with E-state index in [1.807, 2.05) is 27.7 Å². The Kier molecular flexibility index (Phi) is 6.84. The second-order valence-electron chi connectivity index (χ2n) is 8.74. The van der Waals surface area contributed by atoms with E-state index < -0.39 is 17.2 Å². The molecule has 3 rings (SSSR count). The summed E-state index contributed by atoms with van der Waals surface area (Å²) in [7, 11) is 0. The first-order chi connectivity index (χ1) is 14.2. The molecule has 3 heterocycles. The van der Waals surface area contributed by atoms with Crippen LogP contribution in [0.25, 0.3) is 0 Å². The van der Waals surface area contributed by atoms with Crippen LogP contribution in [0.2, 0.25) is 0 Å². The van der Waals surface area contributed by atoms with Gasteiger partial charge in [-0.2, -0.15) is 5.10 Å². The minimum Gasteiger partial charge on any atom is -0.388 e. The molecule has 2 aliphatic heterocycles. The van der Waals surface area contributed by atoms with Crippen molar-refractivity contribution in [3.63, 3.8) is 0 Å². The summed E-state index contributed by atoms with van der Waals surface area (Å²) in [5.41, 5.74) is -1.15. The van der Waals surface area contributed by atoms with E-state index in [-0.39, 0.29) is 24.5 Å². The van der Waals surface area contributed by atoms with Crippen molar-refractivity contribution in [1.82, 2.24) is 20.0 Å². The topological polar surface area (TPSA) is 106 Å². The van der Waals surface area contributed by atoms with Gasteiger partial charge < -0.3 is 24.8 Å². The average Bonchev–Trinajstić information content (AvgIpc) is 3.20. The largest absolute Gasteiger partial charge is 0.388 e. The number of ether oxygens (including phenoxy) is 2. The molecule has 2 amide bonds. The molecule has 1 unspecified atom stereocenters. The van der Waals surface area contributed by atoms with E-state index in [0.717, 1.165) is 0 Å². The maximum absolute atomic E-state index is 12.8. The van der Waals surface area contributed by atoms with Gasteiger partial charge in [0.15, 0.2) is 0 Å². The standard InChI is InChI=1S/C21H34N4O5/c1-5-25-10-6-16(23-25)18(27)24-11-7-21(8-12-24)19(28)20(4,9-13-30-21)22-17(26)14-29-15(2)3/h6,10,15,19,28H,5,7-9,11-14H2,1-4H3,(H,22,26)/t19?,20-/m1/s1. The molecule has 2 aliphatic rings. The highest BCUT2D eigenvalue weighted by molar-refractivity contribution is 5.92. The Morgan fingerprint density at radius 1 is 1.37 bits per heavy atom. The van der Waals surface area contributed by atoms with Gasteiger partial charge in [0, 0.05) is 32.4 Å². The Balaban J connectivity index is 1.62. The van der Waals surface area contributed by atoms with E-state index >= 15 is 0 Å². The summed E-state index contributed by atoms with van der Waals surface area (Å²) in [6, 6.07) is 1.73. The lowest BCUT2D eigenvalue weighted by Crippen LogP contribution is -2.69.